The normalized spacial score (nSPS) is 21.1. The van der Waals surface area contributed by atoms with Gasteiger partial charge in [0, 0.05) is 24.7 Å². The molecule has 1 N–H and O–H groups in total. The fourth-order valence-corrected chi connectivity index (χ4v) is 3.41. The maximum absolute atomic E-state index is 3.79. The lowest BCUT2D eigenvalue weighted by molar-refractivity contribution is 0.0756. The molecule has 0 radical (unpaired) electrons. The standard InChI is InChI=1S/C18H38N2/c1-7-16(3)20(8-2)15-18(12-10-9-11-13-18)14-19-17(4,5)6/h16,19H,7-15H2,1-6H3. The minimum atomic E-state index is 0.234. The summed E-state index contributed by atoms with van der Waals surface area (Å²) in [7, 11) is 0. The molecule has 1 aliphatic rings. The average Bonchev–Trinajstić information content (AvgIpc) is 2.42. The van der Waals surface area contributed by atoms with E-state index in [2.05, 4.69) is 51.8 Å². The first kappa shape index (κ1) is 18.0. The molecule has 0 amide bonds. The van der Waals surface area contributed by atoms with E-state index in [9.17, 15) is 0 Å². The van der Waals surface area contributed by atoms with Crippen LogP contribution in [0.3, 0.4) is 0 Å². The van der Waals surface area contributed by atoms with Gasteiger partial charge in [0.05, 0.1) is 0 Å². The minimum Gasteiger partial charge on any atom is -0.311 e. The summed E-state index contributed by atoms with van der Waals surface area (Å²) >= 11 is 0. The lowest BCUT2D eigenvalue weighted by atomic mass is 9.73. The van der Waals surface area contributed by atoms with E-state index >= 15 is 0 Å². The van der Waals surface area contributed by atoms with E-state index in [-0.39, 0.29) is 5.54 Å². The first-order chi connectivity index (χ1) is 9.32. The molecule has 1 aliphatic carbocycles. The van der Waals surface area contributed by atoms with Crippen LogP contribution >= 0.6 is 0 Å². The van der Waals surface area contributed by atoms with Gasteiger partial charge >= 0.3 is 0 Å². The summed E-state index contributed by atoms with van der Waals surface area (Å²) < 4.78 is 0. The first-order valence-electron chi connectivity index (χ1n) is 8.81. The van der Waals surface area contributed by atoms with Crippen molar-refractivity contribution in [3.63, 3.8) is 0 Å². The number of hydrogen-bond donors (Lipinski definition) is 1. The maximum Gasteiger partial charge on any atom is 0.00967 e. The van der Waals surface area contributed by atoms with Crippen molar-refractivity contribution in [2.75, 3.05) is 19.6 Å². The van der Waals surface area contributed by atoms with Crippen molar-refractivity contribution in [2.24, 2.45) is 5.41 Å². The van der Waals surface area contributed by atoms with Crippen LogP contribution in [0.4, 0.5) is 0 Å². The van der Waals surface area contributed by atoms with Crippen molar-refractivity contribution in [1.82, 2.24) is 10.2 Å². The van der Waals surface area contributed by atoms with Crippen LogP contribution in [-0.4, -0.2) is 36.1 Å². The van der Waals surface area contributed by atoms with Gasteiger partial charge in [-0.05, 0) is 58.9 Å². The van der Waals surface area contributed by atoms with E-state index in [1.807, 2.05) is 0 Å². The largest absolute Gasteiger partial charge is 0.311 e. The molecule has 0 spiro atoms. The predicted octanol–water partition coefficient (Wildman–Crippen LogP) is 4.45. The van der Waals surface area contributed by atoms with Crippen LogP contribution in [0.25, 0.3) is 0 Å². The molecule has 0 aromatic rings. The van der Waals surface area contributed by atoms with Gasteiger partial charge in [0.2, 0.25) is 0 Å². The Labute approximate surface area is 127 Å². The molecule has 1 saturated carbocycles. The zero-order chi connectivity index (χ0) is 15.2. The van der Waals surface area contributed by atoms with Gasteiger partial charge in [-0.2, -0.15) is 0 Å². The third-order valence-electron chi connectivity index (χ3n) is 5.07. The highest BCUT2D eigenvalue weighted by Crippen LogP contribution is 2.37. The first-order valence-corrected chi connectivity index (χ1v) is 8.81. The monoisotopic (exact) mass is 282 g/mol. The van der Waals surface area contributed by atoms with Crippen molar-refractivity contribution >= 4 is 0 Å². The molecular weight excluding hydrogens is 244 g/mol. The van der Waals surface area contributed by atoms with Crippen LogP contribution in [-0.2, 0) is 0 Å². The Morgan fingerprint density at radius 2 is 1.70 bits per heavy atom. The molecule has 0 bridgehead atoms. The van der Waals surface area contributed by atoms with Gasteiger partial charge in [0.15, 0.2) is 0 Å². The van der Waals surface area contributed by atoms with E-state index < -0.39 is 0 Å². The summed E-state index contributed by atoms with van der Waals surface area (Å²) in [6.07, 6.45) is 8.35. The van der Waals surface area contributed by atoms with Gasteiger partial charge in [0.25, 0.3) is 0 Å². The van der Waals surface area contributed by atoms with Gasteiger partial charge in [-0.1, -0.05) is 33.1 Å². The van der Waals surface area contributed by atoms with Crippen LogP contribution in [0.2, 0.25) is 0 Å². The Bertz CT molecular complexity index is 261. The topological polar surface area (TPSA) is 15.3 Å². The van der Waals surface area contributed by atoms with Crippen LogP contribution in [0.15, 0.2) is 0 Å². The molecule has 0 aliphatic heterocycles. The SMILES string of the molecule is CCC(C)N(CC)CC1(CNC(C)(C)C)CCCCC1. The van der Waals surface area contributed by atoms with E-state index in [0.717, 1.165) is 0 Å². The number of nitrogens with one attached hydrogen (secondary N) is 1. The summed E-state index contributed by atoms with van der Waals surface area (Å²) in [5.74, 6) is 0. The number of nitrogens with zero attached hydrogens (tertiary/aromatic N) is 1. The highest BCUT2D eigenvalue weighted by Gasteiger charge is 2.35. The third-order valence-corrected chi connectivity index (χ3v) is 5.07. The molecule has 0 aromatic heterocycles. The average molecular weight is 283 g/mol. The molecule has 120 valence electrons. The third kappa shape index (κ3) is 5.73. The molecule has 0 aromatic carbocycles. The highest BCUT2D eigenvalue weighted by atomic mass is 15.2. The van der Waals surface area contributed by atoms with Crippen molar-refractivity contribution in [3.05, 3.63) is 0 Å². The lowest BCUT2D eigenvalue weighted by Crippen LogP contribution is -2.51. The van der Waals surface area contributed by atoms with Crippen LogP contribution in [0.1, 0.15) is 80.1 Å². The molecule has 1 unspecified atom stereocenters. The summed E-state index contributed by atoms with van der Waals surface area (Å²) in [4.78, 5) is 2.70. The van der Waals surface area contributed by atoms with Gasteiger partial charge in [-0.25, -0.2) is 0 Å². The van der Waals surface area contributed by atoms with E-state index in [4.69, 9.17) is 0 Å². The lowest BCUT2D eigenvalue weighted by Gasteiger charge is -2.44. The molecule has 1 fully saturated rings. The predicted molar refractivity (Wildman–Crippen MR) is 90.3 cm³/mol. The van der Waals surface area contributed by atoms with Gasteiger partial charge in [-0.3, -0.25) is 0 Å². The van der Waals surface area contributed by atoms with Gasteiger partial charge < -0.3 is 10.2 Å². The Kier molecular flexibility index (Phi) is 7.00. The van der Waals surface area contributed by atoms with Crippen molar-refractivity contribution < 1.29 is 0 Å². The summed E-state index contributed by atoms with van der Waals surface area (Å²) in [6, 6.07) is 0.716. The summed E-state index contributed by atoms with van der Waals surface area (Å²) in [6.45, 7) is 17.5. The summed E-state index contributed by atoms with van der Waals surface area (Å²) in [5, 5.41) is 3.79. The zero-order valence-electron chi connectivity index (χ0n) is 14.9. The highest BCUT2D eigenvalue weighted by molar-refractivity contribution is 4.90. The summed E-state index contributed by atoms with van der Waals surface area (Å²) in [5.41, 5.74) is 0.739. The second kappa shape index (κ2) is 7.79. The molecule has 0 saturated heterocycles. The zero-order valence-corrected chi connectivity index (χ0v) is 14.9. The van der Waals surface area contributed by atoms with Crippen LogP contribution in [0.5, 0.6) is 0 Å². The van der Waals surface area contributed by atoms with Crippen LogP contribution < -0.4 is 5.32 Å². The van der Waals surface area contributed by atoms with Crippen molar-refractivity contribution in [2.45, 2.75) is 91.6 Å². The molecule has 0 heterocycles. The van der Waals surface area contributed by atoms with Crippen molar-refractivity contribution in [3.8, 4) is 0 Å². The Morgan fingerprint density at radius 1 is 1.10 bits per heavy atom. The Morgan fingerprint density at radius 3 is 2.15 bits per heavy atom. The van der Waals surface area contributed by atoms with E-state index in [1.165, 1.54) is 58.2 Å². The minimum absolute atomic E-state index is 0.234. The Balaban J connectivity index is 2.71. The second-order valence-electron chi connectivity index (χ2n) is 7.98. The quantitative estimate of drug-likeness (QED) is 0.742. The molecule has 1 atom stereocenters. The van der Waals surface area contributed by atoms with E-state index in [0.29, 0.717) is 11.5 Å². The fraction of sp³-hybridized carbons (Fsp3) is 1.00. The van der Waals surface area contributed by atoms with Gasteiger partial charge in [-0.15, -0.1) is 0 Å². The van der Waals surface area contributed by atoms with E-state index in [1.54, 1.807) is 0 Å². The van der Waals surface area contributed by atoms with Gasteiger partial charge in [0.1, 0.15) is 0 Å². The molecule has 2 nitrogen and oxygen atoms in total. The molecule has 1 rings (SSSR count). The maximum atomic E-state index is 3.79. The van der Waals surface area contributed by atoms with Crippen molar-refractivity contribution in [1.29, 1.82) is 0 Å². The second-order valence-corrected chi connectivity index (χ2v) is 7.98. The Hall–Kier alpha value is -0.0800. The molecule has 2 heteroatoms. The van der Waals surface area contributed by atoms with Crippen LogP contribution in [0, 0.1) is 5.41 Å². The molecule has 20 heavy (non-hydrogen) atoms. The fourth-order valence-electron chi connectivity index (χ4n) is 3.41. The number of hydrogen-bond acceptors (Lipinski definition) is 2. The number of rotatable bonds is 7. The smallest absolute Gasteiger partial charge is 0.00967 e. The molecular formula is C18H38N2.